The Morgan fingerprint density at radius 1 is 1.62 bits per heavy atom. The topological polar surface area (TPSA) is 60.8 Å². The number of rotatable bonds is 1. The molecule has 0 bridgehead atoms. The predicted octanol–water partition coefficient (Wildman–Crippen LogP) is -0.793. The third-order valence-electron chi connectivity index (χ3n) is 2.05. The number of likely N-dealkylation sites (tertiary alicyclic amines) is 1. The lowest BCUT2D eigenvalue weighted by Crippen LogP contribution is -2.53. The van der Waals surface area contributed by atoms with Gasteiger partial charge in [-0.2, -0.15) is 0 Å². The molecule has 6 heteroatoms. The average Bonchev–Trinajstić information content (AvgIpc) is 2.08. The monoisotopic (exact) mass is 195 g/mol. The largest absolute Gasteiger partial charge is 0.387 e. The molecular formula is C7H11F2NO3. The van der Waals surface area contributed by atoms with Crippen LogP contribution in [0.25, 0.3) is 0 Å². The van der Waals surface area contributed by atoms with Crippen LogP contribution in [0.15, 0.2) is 0 Å². The van der Waals surface area contributed by atoms with Crippen LogP contribution < -0.4 is 0 Å². The molecule has 76 valence electrons. The Morgan fingerprint density at radius 2 is 2.23 bits per heavy atom. The average molecular weight is 195 g/mol. The zero-order valence-corrected chi connectivity index (χ0v) is 6.91. The zero-order valence-electron chi connectivity index (χ0n) is 6.91. The number of carbonyl (C=O) groups is 1. The molecule has 1 saturated heterocycles. The maximum absolute atomic E-state index is 12.8. The molecular weight excluding hydrogens is 184 g/mol. The highest BCUT2D eigenvalue weighted by atomic mass is 19.3. The quantitative estimate of drug-likeness (QED) is 0.576. The zero-order chi connectivity index (χ0) is 10.1. The molecule has 1 aliphatic heterocycles. The van der Waals surface area contributed by atoms with Crippen molar-refractivity contribution in [2.75, 3.05) is 19.7 Å². The van der Waals surface area contributed by atoms with Crippen molar-refractivity contribution in [3.63, 3.8) is 0 Å². The van der Waals surface area contributed by atoms with Crippen molar-refractivity contribution in [2.24, 2.45) is 0 Å². The van der Waals surface area contributed by atoms with E-state index in [4.69, 9.17) is 10.2 Å². The van der Waals surface area contributed by atoms with Crippen molar-refractivity contribution in [1.82, 2.24) is 4.90 Å². The summed E-state index contributed by atoms with van der Waals surface area (Å²) < 4.78 is 25.6. The van der Waals surface area contributed by atoms with E-state index in [1.165, 1.54) is 0 Å². The van der Waals surface area contributed by atoms with Crippen LogP contribution in [0.1, 0.15) is 6.42 Å². The molecule has 1 amide bonds. The van der Waals surface area contributed by atoms with E-state index >= 15 is 0 Å². The third-order valence-corrected chi connectivity index (χ3v) is 2.05. The van der Waals surface area contributed by atoms with Crippen molar-refractivity contribution in [3.8, 4) is 0 Å². The van der Waals surface area contributed by atoms with Gasteiger partial charge in [-0.15, -0.1) is 0 Å². The molecule has 0 aromatic carbocycles. The van der Waals surface area contributed by atoms with E-state index in [0.29, 0.717) is 0 Å². The molecule has 1 rings (SSSR count). The number of alkyl halides is 2. The van der Waals surface area contributed by atoms with Gasteiger partial charge in [0.25, 0.3) is 5.92 Å². The molecule has 1 heterocycles. The predicted molar refractivity (Wildman–Crippen MR) is 39.2 cm³/mol. The van der Waals surface area contributed by atoms with Crippen molar-refractivity contribution in [2.45, 2.75) is 18.4 Å². The molecule has 1 atom stereocenters. The summed E-state index contributed by atoms with van der Waals surface area (Å²) in [6, 6.07) is 0. The summed E-state index contributed by atoms with van der Waals surface area (Å²) in [5.41, 5.74) is 0. The maximum Gasteiger partial charge on any atom is 0.290 e. The summed E-state index contributed by atoms with van der Waals surface area (Å²) in [5.74, 6) is -3.99. The standard InChI is InChI=1S/C7H11F2NO3/c8-7(9)4-10(6(13)3-11)2-1-5(7)12/h5,11-12H,1-4H2/t5-/m1/s1. The summed E-state index contributed by atoms with van der Waals surface area (Å²) in [6.45, 7) is -1.52. The number of aliphatic hydroxyl groups excluding tert-OH is 2. The Labute approximate surface area is 73.8 Å². The Balaban J connectivity index is 2.60. The Morgan fingerprint density at radius 3 is 2.69 bits per heavy atom. The first-order chi connectivity index (χ1) is 5.97. The summed E-state index contributed by atoms with van der Waals surface area (Å²) in [7, 11) is 0. The van der Waals surface area contributed by atoms with Gasteiger partial charge in [-0.25, -0.2) is 8.78 Å². The fourth-order valence-corrected chi connectivity index (χ4v) is 1.24. The van der Waals surface area contributed by atoms with Crippen LogP contribution in [0.4, 0.5) is 8.78 Å². The number of piperidine rings is 1. The highest BCUT2D eigenvalue weighted by Gasteiger charge is 2.44. The first kappa shape index (κ1) is 10.3. The maximum atomic E-state index is 12.8. The van der Waals surface area contributed by atoms with Crippen LogP contribution in [-0.4, -0.2) is 52.7 Å². The van der Waals surface area contributed by atoms with Gasteiger partial charge in [-0.3, -0.25) is 4.79 Å². The van der Waals surface area contributed by atoms with E-state index in [1.807, 2.05) is 0 Å². The van der Waals surface area contributed by atoms with Gasteiger partial charge in [0, 0.05) is 6.54 Å². The molecule has 0 aliphatic carbocycles. The SMILES string of the molecule is O=C(CO)N1CC[C@@H](O)C(F)(F)C1. The minimum absolute atomic E-state index is 0.0656. The molecule has 0 aromatic rings. The molecule has 0 radical (unpaired) electrons. The molecule has 0 spiro atoms. The van der Waals surface area contributed by atoms with E-state index < -0.39 is 31.1 Å². The molecule has 1 aliphatic rings. The van der Waals surface area contributed by atoms with Gasteiger partial charge in [0.05, 0.1) is 6.54 Å². The van der Waals surface area contributed by atoms with Gasteiger partial charge in [-0.05, 0) is 6.42 Å². The number of amides is 1. The summed E-state index contributed by atoms with van der Waals surface area (Å²) in [6.07, 6.45) is -1.84. The second-order valence-electron chi connectivity index (χ2n) is 3.04. The highest BCUT2D eigenvalue weighted by Crippen LogP contribution is 2.26. The molecule has 13 heavy (non-hydrogen) atoms. The number of nitrogens with zero attached hydrogens (tertiary/aromatic N) is 1. The minimum Gasteiger partial charge on any atom is -0.387 e. The second kappa shape index (κ2) is 3.55. The number of hydrogen-bond acceptors (Lipinski definition) is 3. The number of halogens is 2. The number of carbonyl (C=O) groups excluding carboxylic acids is 1. The smallest absolute Gasteiger partial charge is 0.290 e. The molecule has 0 unspecified atom stereocenters. The van der Waals surface area contributed by atoms with Crippen molar-refractivity contribution < 1.29 is 23.8 Å². The van der Waals surface area contributed by atoms with Gasteiger partial charge in [-0.1, -0.05) is 0 Å². The Hall–Kier alpha value is -0.750. The molecule has 2 N–H and O–H groups in total. The van der Waals surface area contributed by atoms with Gasteiger partial charge in [0.15, 0.2) is 0 Å². The van der Waals surface area contributed by atoms with Crippen molar-refractivity contribution in [3.05, 3.63) is 0 Å². The molecule has 4 nitrogen and oxygen atoms in total. The van der Waals surface area contributed by atoms with Crippen LogP contribution in [-0.2, 0) is 4.79 Å². The van der Waals surface area contributed by atoms with Crippen molar-refractivity contribution >= 4 is 5.91 Å². The fourth-order valence-electron chi connectivity index (χ4n) is 1.24. The molecule has 0 aromatic heterocycles. The van der Waals surface area contributed by atoms with E-state index in [1.54, 1.807) is 0 Å². The Kier molecular flexibility index (Phi) is 2.82. The lowest BCUT2D eigenvalue weighted by molar-refractivity contribution is -0.166. The van der Waals surface area contributed by atoms with Crippen molar-refractivity contribution in [1.29, 1.82) is 0 Å². The summed E-state index contributed by atoms with van der Waals surface area (Å²) >= 11 is 0. The van der Waals surface area contributed by atoms with Gasteiger partial charge in [0.2, 0.25) is 5.91 Å². The molecule has 1 fully saturated rings. The normalized spacial score (nSPS) is 27.4. The number of aliphatic hydroxyl groups is 2. The summed E-state index contributed by atoms with van der Waals surface area (Å²) in [4.78, 5) is 11.7. The first-order valence-electron chi connectivity index (χ1n) is 3.92. The Bertz CT molecular complexity index is 210. The van der Waals surface area contributed by atoms with Crippen LogP contribution >= 0.6 is 0 Å². The van der Waals surface area contributed by atoms with Crippen LogP contribution in [0, 0.1) is 0 Å². The summed E-state index contributed by atoms with van der Waals surface area (Å²) in [5, 5.41) is 17.3. The van der Waals surface area contributed by atoms with Crippen LogP contribution in [0.2, 0.25) is 0 Å². The lowest BCUT2D eigenvalue weighted by Gasteiger charge is -2.35. The van der Waals surface area contributed by atoms with Gasteiger partial charge < -0.3 is 15.1 Å². The van der Waals surface area contributed by atoms with E-state index in [2.05, 4.69) is 0 Å². The fraction of sp³-hybridized carbons (Fsp3) is 0.857. The first-order valence-corrected chi connectivity index (χ1v) is 3.92. The third kappa shape index (κ3) is 2.13. The van der Waals surface area contributed by atoms with E-state index in [-0.39, 0.29) is 13.0 Å². The highest BCUT2D eigenvalue weighted by molar-refractivity contribution is 5.77. The molecule has 0 saturated carbocycles. The second-order valence-corrected chi connectivity index (χ2v) is 3.04. The van der Waals surface area contributed by atoms with Crippen LogP contribution in [0.3, 0.4) is 0 Å². The van der Waals surface area contributed by atoms with Gasteiger partial charge >= 0.3 is 0 Å². The van der Waals surface area contributed by atoms with Crippen LogP contribution in [0.5, 0.6) is 0 Å². The van der Waals surface area contributed by atoms with E-state index in [9.17, 15) is 13.6 Å². The van der Waals surface area contributed by atoms with E-state index in [0.717, 1.165) is 4.90 Å². The number of hydrogen-bond donors (Lipinski definition) is 2. The minimum atomic E-state index is -3.26. The lowest BCUT2D eigenvalue weighted by atomic mass is 10.0. The van der Waals surface area contributed by atoms with Gasteiger partial charge in [0.1, 0.15) is 12.7 Å².